The van der Waals surface area contributed by atoms with Gasteiger partial charge >= 0.3 is 0 Å². The van der Waals surface area contributed by atoms with Crippen molar-refractivity contribution in [3.8, 4) is 5.69 Å². The molecule has 0 N–H and O–H groups in total. The van der Waals surface area contributed by atoms with E-state index >= 15 is 0 Å². The lowest BCUT2D eigenvalue weighted by molar-refractivity contribution is 0.866. The number of fused-ring (bicyclic) bond motifs is 11. The average molecular weight is 1180 g/mol. The molecule has 0 fully saturated rings. The monoisotopic (exact) mass is 1180 g/mol. The highest BCUT2D eigenvalue weighted by Crippen LogP contribution is 2.50. The van der Waals surface area contributed by atoms with Crippen LogP contribution in [0.2, 0.25) is 0 Å². The van der Waals surface area contributed by atoms with Crippen molar-refractivity contribution >= 4 is 136 Å². The van der Waals surface area contributed by atoms with Gasteiger partial charge in [0.05, 0.1) is 11.0 Å². The van der Waals surface area contributed by atoms with Gasteiger partial charge in [0.1, 0.15) is 0 Å². The number of nitrogens with zero attached hydrogens (tertiary/aromatic N) is 5. The first-order chi connectivity index (χ1) is 44.1. The van der Waals surface area contributed by atoms with E-state index in [9.17, 15) is 0 Å². The van der Waals surface area contributed by atoms with E-state index in [1.54, 1.807) is 0 Å². The summed E-state index contributed by atoms with van der Waals surface area (Å²) in [7, 11) is 0. The van der Waals surface area contributed by atoms with Gasteiger partial charge in [0.25, 0.3) is 13.4 Å². The van der Waals surface area contributed by atoms with E-state index in [2.05, 4.69) is 332 Å². The fourth-order valence-electron chi connectivity index (χ4n) is 15.6. The molecule has 5 heterocycles. The molecule has 0 saturated heterocycles. The lowest BCUT2D eigenvalue weighted by Gasteiger charge is -2.44. The van der Waals surface area contributed by atoms with Crippen molar-refractivity contribution in [1.82, 2.24) is 4.57 Å². The van der Waals surface area contributed by atoms with Gasteiger partial charge in [0, 0.05) is 84.7 Å². The van der Waals surface area contributed by atoms with E-state index in [1.807, 2.05) is 0 Å². The molecule has 0 spiro atoms. The first-order valence-electron chi connectivity index (χ1n) is 33.5. The minimum Gasteiger partial charge on any atom is -0.311 e. The minimum atomic E-state index is -0.0663. The number of benzene rings is 11. The average Bonchev–Trinajstić information content (AvgIpc) is 1.11. The molecule has 0 unspecified atom stereocenters. The zero-order valence-electron chi connectivity index (χ0n) is 54.7. The smallest absolute Gasteiger partial charge is 0.252 e. The van der Waals surface area contributed by atoms with E-state index < -0.39 is 0 Å². The second kappa shape index (κ2) is 21.6. The summed E-state index contributed by atoms with van der Waals surface area (Å²) in [6.07, 6.45) is 0. The van der Waals surface area contributed by atoms with Gasteiger partial charge < -0.3 is 24.2 Å². The molecule has 0 aliphatic carbocycles. The van der Waals surface area contributed by atoms with Crippen LogP contribution in [0.25, 0.3) is 27.5 Å². The summed E-state index contributed by atoms with van der Waals surface area (Å²) in [5.74, 6) is 2.36. The Bertz CT molecular complexity index is 4560. The number of para-hydroxylation sites is 1. The van der Waals surface area contributed by atoms with Crippen molar-refractivity contribution in [2.45, 2.75) is 119 Å². The molecular weight excluding hydrogens is 1100 g/mol. The lowest BCUT2D eigenvalue weighted by atomic mass is 9.33. The summed E-state index contributed by atoms with van der Waals surface area (Å²) in [5.41, 5.74) is 33.9. The van der Waals surface area contributed by atoms with Crippen LogP contribution in [0.1, 0.15) is 152 Å². The Morgan fingerprint density at radius 1 is 0.231 bits per heavy atom. The zero-order valence-corrected chi connectivity index (χ0v) is 54.7. The first kappa shape index (κ1) is 56.8. The van der Waals surface area contributed by atoms with Gasteiger partial charge in [0.15, 0.2) is 0 Å². The molecule has 5 nitrogen and oxygen atoms in total. The van der Waals surface area contributed by atoms with Crippen LogP contribution in [0.3, 0.4) is 0 Å². The van der Waals surface area contributed by atoms with E-state index in [0.29, 0.717) is 35.5 Å². The Kier molecular flexibility index (Phi) is 13.5. The highest BCUT2D eigenvalue weighted by molar-refractivity contribution is 7.01. The maximum absolute atomic E-state index is 2.64. The summed E-state index contributed by atoms with van der Waals surface area (Å²) in [6.45, 7) is 27.5. The third kappa shape index (κ3) is 8.88. The quantitative estimate of drug-likeness (QED) is 0.120. The van der Waals surface area contributed by atoms with Crippen LogP contribution in [0.15, 0.2) is 224 Å². The maximum atomic E-state index is 2.64. The van der Waals surface area contributed by atoms with Gasteiger partial charge in [-0.2, -0.15) is 0 Å². The van der Waals surface area contributed by atoms with E-state index in [0.717, 1.165) is 17.1 Å². The summed E-state index contributed by atoms with van der Waals surface area (Å²) in [6, 6.07) is 87.9. The Morgan fingerprint density at radius 2 is 0.516 bits per heavy atom. The van der Waals surface area contributed by atoms with Crippen molar-refractivity contribution in [2.24, 2.45) is 0 Å². The number of hydrogen-bond acceptors (Lipinski definition) is 4. The SMILES string of the molecule is CC(C)c1ccc(N2c3ccc(C(C)C)cc3B3c4cc5c6cc7c(cc6n(-c6ccccc6)c5cc4N(c4ccc(C(C)C)cc4)c4cccc2c43)N(c2ccc(C(C)C)cc2)c2cccc3c2B7c2cc(C(C)C)ccc2N3c2ccc(C(C)C)cc2)cc1. The molecule has 0 bridgehead atoms. The Balaban J connectivity index is 1.02. The molecule has 0 atom stereocenters. The summed E-state index contributed by atoms with van der Waals surface area (Å²) < 4.78 is 2.58. The fourth-order valence-corrected chi connectivity index (χ4v) is 15.6. The van der Waals surface area contributed by atoms with Gasteiger partial charge in [-0.05, 0) is 211 Å². The third-order valence-corrected chi connectivity index (χ3v) is 20.7. The van der Waals surface area contributed by atoms with Crippen molar-refractivity contribution in [1.29, 1.82) is 0 Å². The predicted octanol–water partition coefficient (Wildman–Crippen LogP) is 19.7. The van der Waals surface area contributed by atoms with Gasteiger partial charge in [-0.15, -0.1) is 0 Å². The molecule has 446 valence electrons. The van der Waals surface area contributed by atoms with Crippen LogP contribution in [0.4, 0.5) is 68.2 Å². The molecule has 0 amide bonds. The van der Waals surface area contributed by atoms with Crippen LogP contribution in [-0.2, 0) is 0 Å². The van der Waals surface area contributed by atoms with Crippen molar-refractivity contribution in [3.05, 3.63) is 258 Å². The van der Waals surface area contributed by atoms with Crippen molar-refractivity contribution in [2.75, 3.05) is 19.6 Å². The van der Waals surface area contributed by atoms with Crippen molar-refractivity contribution < 1.29 is 0 Å². The molecule has 12 aromatic rings. The van der Waals surface area contributed by atoms with Crippen LogP contribution in [0, 0.1) is 0 Å². The van der Waals surface area contributed by atoms with Gasteiger partial charge in [0.2, 0.25) is 0 Å². The molecule has 0 saturated carbocycles. The largest absolute Gasteiger partial charge is 0.311 e. The number of hydrogen-bond donors (Lipinski definition) is 0. The zero-order chi connectivity index (χ0) is 62.4. The predicted molar refractivity (Wildman–Crippen MR) is 393 cm³/mol. The van der Waals surface area contributed by atoms with Crippen molar-refractivity contribution in [3.63, 3.8) is 0 Å². The maximum Gasteiger partial charge on any atom is 0.252 e. The molecule has 16 rings (SSSR count). The molecule has 91 heavy (non-hydrogen) atoms. The minimum absolute atomic E-state index is 0.0663. The molecule has 11 aromatic carbocycles. The van der Waals surface area contributed by atoms with E-state index in [1.165, 1.54) is 145 Å². The van der Waals surface area contributed by atoms with Gasteiger partial charge in [-0.1, -0.05) is 198 Å². The molecule has 4 aliphatic rings. The topological polar surface area (TPSA) is 17.9 Å². The second-order valence-corrected chi connectivity index (χ2v) is 28.1. The second-order valence-electron chi connectivity index (χ2n) is 28.1. The molecule has 7 heteroatoms. The lowest BCUT2D eigenvalue weighted by Crippen LogP contribution is -2.61. The van der Waals surface area contributed by atoms with Crippen LogP contribution in [0.5, 0.6) is 0 Å². The van der Waals surface area contributed by atoms with Crippen LogP contribution >= 0.6 is 0 Å². The van der Waals surface area contributed by atoms with Crippen LogP contribution in [-0.4, -0.2) is 18.0 Å². The van der Waals surface area contributed by atoms with Crippen LogP contribution < -0.4 is 52.4 Å². The number of aromatic nitrogens is 1. The summed E-state index contributed by atoms with van der Waals surface area (Å²) in [5, 5.41) is 2.49. The van der Waals surface area contributed by atoms with Gasteiger partial charge in [-0.3, -0.25) is 0 Å². The third-order valence-electron chi connectivity index (χ3n) is 20.7. The summed E-state index contributed by atoms with van der Waals surface area (Å²) >= 11 is 0. The molecular formula is C84H79B2N5. The Morgan fingerprint density at radius 3 is 0.824 bits per heavy atom. The van der Waals surface area contributed by atoms with Gasteiger partial charge in [-0.25, -0.2) is 0 Å². The molecule has 4 aliphatic heterocycles. The summed E-state index contributed by atoms with van der Waals surface area (Å²) in [4.78, 5) is 10.3. The Hall–Kier alpha value is -9.45. The molecule has 0 radical (unpaired) electrons. The number of anilines is 12. The highest BCUT2D eigenvalue weighted by atomic mass is 15.2. The number of rotatable bonds is 11. The Labute approximate surface area is 539 Å². The first-order valence-corrected chi connectivity index (χ1v) is 33.5. The van der Waals surface area contributed by atoms with E-state index in [4.69, 9.17) is 0 Å². The van der Waals surface area contributed by atoms with E-state index in [-0.39, 0.29) is 13.4 Å². The molecule has 1 aromatic heterocycles. The highest BCUT2D eigenvalue weighted by Gasteiger charge is 2.46. The normalized spacial score (nSPS) is 13.7. The standard InChI is InChI=1S/C84H79B2N5/c1-50(2)56-24-34-63(35-25-56)87-73-42-32-60(54(9)10)44-69(73)85-71-46-67-68-47-72-82(49-80(68)91(62-18-14-13-15-19-62)79(67)48-81(71)89(77-22-16-20-75(87)83(77)85)65-38-28-58(29-39-65)52(5)6)90(66-40-30-59(31-41-66)53(7)8)78-23-17-21-76-84(78)86(72)70-45-61(55(11)12)33-43-74(70)88(76)64-36-26-57(27-37-64)51(3)4/h13-55H,1-12H3. The fraction of sp³-hybridized carbons (Fsp3) is 0.214.